The zero-order valence-electron chi connectivity index (χ0n) is 13.6. The summed E-state index contributed by atoms with van der Waals surface area (Å²) in [5, 5.41) is 26.8. The Balaban J connectivity index is 2.04. The number of carbonyl (C=O) groups excluding carboxylic acids is 1. The fourth-order valence-corrected chi connectivity index (χ4v) is 2.65. The Labute approximate surface area is 149 Å². The highest BCUT2D eigenvalue weighted by molar-refractivity contribution is 6.08. The molecule has 3 aromatic rings. The SMILES string of the molecule is N#Cc1ccc(-c2cccc3ccc(C(=O)NC(=N)N=NN)cc23)cc1. The smallest absolute Gasteiger partial charge is 0.258 e. The average molecular weight is 342 g/mol. The molecule has 0 unspecified atom stereocenters. The quantitative estimate of drug-likeness (QED) is 0.217. The summed E-state index contributed by atoms with van der Waals surface area (Å²) < 4.78 is 0. The highest BCUT2D eigenvalue weighted by atomic mass is 16.1. The molecule has 26 heavy (non-hydrogen) atoms. The summed E-state index contributed by atoms with van der Waals surface area (Å²) in [5.41, 5.74) is 2.85. The Morgan fingerprint density at radius 3 is 2.58 bits per heavy atom. The number of carbonyl (C=O) groups is 1. The molecule has 0 aliphatic rings. The van der Waals surface area contributed by atoms with Crippen molar-refractivity contribution in [3.63, 3.8) is 0 Å². The average Bonchev–Trinajstić information content (AvgIpc) is 2.67. The van der Waals surface area contributed by atoms with Crippen LogP contribution in [-0.4, -0.2) is 11.9 Å². The lowest BCUT2D eigenvalue weighted by molar-refractivity contribution is 0.0976. The number of benzene rings is 3. The molecule has 1 amide bonds. The second kappa shape index (κ2) is 7.23. The van der Waals surface area contributed by atoms with Crippen molar-refractivity contribution in [2.45, 2.75) is 0 Å². The second-order valence-electron chi connectivity index (χ2n) is 5.45. The summed E-state index contributed by atoms with van der Waals surface area (Å²) in [6, 6.07) is 20.5. The Bertz CT molecular complexity index is 1060. The van der Waals surface area contributed by atoms with E-state index in [4.69, 9.17) is 16.5 Å². The third kappa shape index (κ3) is 3.39. The molecule has 3 rings (SSSR count). The molecule has 7 heteroatoms. The number of nitrogens with zero attached hydrogens (tertiary/aromatic N) is 3. The number of rotatable bonds is 2. The lowest BCUT2D eigenvalue weighted by atomic mass is 9.96. The van der Waals surface area contributed by atoms with Crippen molar-refractivity contribution >= 4 is 22.6 Å². The number of nitriles is 1. The Hall–Kier alpha value is -4.05. The van der Waals surface area contributed by atoms with E-state index in [2.05, 4.69) is 21.7 Å². The van der Waals surface area contributed by atoms with Gasteiger partial charge in [-0.1, -0.05) is 46.7 Å². The van der Waals surface area contributed by atoms with E-state index in [0.29, 0.717) is 11.1 Å². The molecule has 4 N–H and O–H groups in total. The van der Waals surface area contributed by atoms with E-state index in [1.54, 1.807) is 24.3 Å². The van der Waals surface area contributed by atoms with Gasteiger partial charge in [0.1, 0.15) is 0 Å². The molecule has 0 atom stereocenters. The Morgan fingerprint density at radius 1 is 1.12 bits per heavy atom. The minimum absolute atomic E-state index is 0.385. The van der Waals surface area contributed by atoms with E-state index in [1.165, 1.54) is 0 Å². The summed E-state index contributed by atoms with van der Waals surface area (Å²) in [6.45, 7) is 0. The van der Waals surface area contributed by atoms with Crippen LogP contribution in [0.3, 0.4) is 0 Å². The summed E-state index contributed by atoms with van der Waals surface area (Å²) in [4.78, 5) is 12.3. The van der Waals surface area contributed by atoms with Gasteiger partial charge in [0.2, 0.25) is 5.96 Å². The first kappa shape index (κ1) is 16.8. The van der Waals surface area contributed by atoms with Gasteiger partial charge in [0.15, 0.2) is 0 Å². The van der Waals surface area contributed by atoms with Crippen LogP contribution in [0.4, 0.5) is 0 Å². The molecule has 0 aliphatic carbocycles. The largest absolute Gasteiger partial charge is 0.304 e. The Morgan fingerprint density at radius 2 is 1.88 bits per heavy atom. The summed E-state index contributed by atoms with van der Waals surface area (Å²) >= 11 is 0. The summed E-state index contributed by atoms with van der Waals surface area (Å²) in [6.07, 6.45) is 0. The molecule has 0 aliphatic heterocycles. The number of fused-ring (bicyclic) bond motifs is 1. The van der Waals surface area contributed by atoms with Gasteiger partial charge in [0.05, 0.1) is 11.6 Å². The molecular weight excluding hydrogens is 328 g/mol. The van der Waals surface area contributed by atoms with Crippen LogP contribution in [0.5, 0.6) is 0 Å². The summed E-state index contributed by atoms with van der Waals surface area (Å²) in [5.74, 6) is 3.96. The molecule has 0 bridgehead atoms. The van der Waals surface area contributed by atoms with Gasteiger partial charge in [-0.25, -0.2) is 0 Å². The van der Waals surface area contributed by atoms with E-state index in [1.807, 2.05) is 36.4 Å². The van der Waals surface area contributed by atoms with Crippen LogP contribution in [0.15, 0.2) is 71.0 Å². The number of hydrogen-bond donors (Lipinski definition) is 3. The van der Waals surface area contributed by atoms with Gasteiger partial charge in [-0.3, -0.25) is 15.5 Å². The number of guanidine groups is 1. The van der Waals surface area contributed by atoms with Gasteiger partial charge in [-0.2, -0.15) is 5.26 Å². The molecular formula is C19H14N6O. The van der Waals surface area contributed by atoms with Gasteiger partial charge in [0.25, 0.3) is 5.91 Å². The normalized spacial score (nSPS) is 10.6. The van der Waals surface area contributed by atoms with E-state index in [0.717, 1.165) is 21.9 Å². The fraction of sp³-hybridized carbons (Fsp3) is 0. The predicted octanol–water partition coefficient (Wildman–Crippen LogP) is 3.37. The van der Waals surface area contributed by atoms with Crippen LogP contribution >= 0.6 is 0 Å². The molecule has 0 saturated carbocycles. The van der Waals surface area contributed by atoms with Crippen molar-refractivity contribution in [2.75, 3.05) is 0 Å². The standard InChI is InChI=1S/C19H14N6O/c20-11-12-4-6-14(7-5-12)16-3-1-2-13-8-9-15(10-17(13)16)18(26)23-19(21)24-25-22/h1-10H,(H4,21,22,23,24,26). The fourth-order valence-electron chi connectivity index (χ4n) is 2.65. The van der Waals surface area contributed by atoms with Gasteiger partial charge in [-0.15, -0.1) is 0 Å². The maximum absolute atomic E-state index is 12.3. The predicted molar refractivity (Wildman–Crippen MR) is 98.3 cm³/mol. The van der Waals surface area contributed by atoms with Crippen molar-refractivity contribution < 1.29 is 4.79 Å². The van der Waals surface area contributed by atoms with Crippen molar-refractivity contribution in [3.05, 3.63) is 71.8 Å². The van der Waals surface area contributed by atoms with Gasteiger partial charge >= 0.3 is 0 Å². The highest BCUT2D eigenvalue weighted by Gasteiger charge is 2.11. The molecule has 3 aromatic carbocycles. The van der Waals surface area contributed by atoms with Crippen molar-refractivity contribution in [1.29, 1.82) is 10.7 Å². The molecule has 0 radical (unpaired) electrons. The third-order valence-electron chi connectivity index (χ3n) is 3.86. The zero-order valence-corrected chi connectivity index (χ0v) is 13.6. The minimum atomic E-state index is -0.473. The monoisotopic (exact) mass is 342 g/mol. The number of hydrogen-bond acceptors (Lipinski definition) is 4. The Kier molecular flexibility index (Phi) is 4.67. The van der Waals surface area contributed by atoms with Gasteiger partial charge in [-0.05, 0) is 46.2 Å². The first-order valence-corrected chi connectivity index (χ1v) is 7.66. The van der Waals surface area contributed by atoms with Gasteiger partial charge in [0, 0.05) is 5.56 Å². The first-order chi connectivity index (χ1) is 12.6. The molecule has 0 saturated heterocycles. The maximum atomic E-state index is 12.3. The second-order valence-corrected chi connectivity index (χ2v) is 5.45. The van der Waals surface area contributed by atoms with Crippen LogP contribution in [-0.2, 0) is 0 Å². The van der Waals surface area contributed by atoms with E-state index >= 15 is 0 Å². The van der Waals surface area contributed by atoms with Crippen molar-refractivity contribution in [1.82, 2.24) is 5.32 Å². The van der Waals surface area contributed by atoms with Gasteiger partial charge < -0.3 is 5.84 Å². The van der Waals surface area contributed by atoms with Crippen LogP contribution in [0.25, 0.3) is 21.9 Å². The molecule has 126 valence electrons. The first-order valence-electron chi connectivity index (χ1n) is 7.66. The minimum Gasteiger partial charge on any atom is -0.304 e. The number of nitrogens with two attached hydrogens (primary N) is 1. The topological polar surface area (TPSA) is 127 Å². The lowest BCUT2D eigenvalue weighted by Crippen LogP contribution is -2.28. The van der Waals surface area contributed by atoms with Crippen LogP contribution in [0.1, 0.15) is 15.9 Å². The van der Waals surface area contributed by atoms with Crippen LogP contribution < -0.4 is 11.2 Å². The molecule has 7 nitrogen and oxygen atoms in total. The van der Waals surface area contributed by atoms with Crippen LogP contribution in [0.2, 0.25) is 0 Å². The van der Waals surface area contributed by atoms with E-state index in [-0.39, 0.29) is 0 Å². The zero-order chi connectivity index (χ0) is 18.5. The molecule has 0 fully saturated rings. The lowest BCUT2D eigenvalue weighted by Gasteiger charge is -2.09. The van der Waals surface area contributed by atoms with E-state index in [9.17, 15) is 4.79 Å². The molecule has 0 heterocycles. The van der Waals surface area contributed by atoms with Crippen LogP contribution in [0, 0.1) is 16.7 Å². The highest BCUT2D eigenvalue weighted by Crippen LogP contribution is 2.29. The van der Waals surface area contributed by atoms with E-state index < -0.39 is 11.9 Å². The van der Waals surface area contributed by atoms with Crippen molar-refractivity contribution in [2.24, 2.45) is 16.2 Å². The molecule has 0 aromatic heterocycles. The number of nitrogens with one attached hydrogen (secondary N) is 2. The van der Waals surface area contributed by atoms with Crippen molar-refractivity contribution in [3.8, 4) is 17.2 Å². The number of amides is 1. The summed E-state index contributed by atoms with van der Waals surface area (Å²) in [7, 11) is 0. The maximum Gasteiger partial charge on any atom is 0.258 e. The molecule has 0 spiro atoms. The third-order valence-corrected chi connectivity index (χ3v) is 3.86.